The van der Waals surface area contributed by atoms with Crippen molar-refractivity contribution in [1.82, 2.24) is 4.90 Å². The van der Waals surface area contributed by atoms with Crippen LogP contribution in [0, 0.1) is 0 Å². The van der Waals surface area contributed by atoms with Gasteiger partial charge in [-0.15, -0.1) is 0 Å². The van der Waals surface area contributed by atoms with Crippen molar-refractivity contribution in [3.05, 3.63) is 35.4 Å². The molecular weight excluding hydrogens is 290 g/mol. The Labute approximate surface area is 119 Å². The van der Waals surface area contributed by atoms with Crippen molar-refractivity contribution >= 4 is 21.8 Å². The Bertz CT molecular complexity index is 403. The van der Waals surface area contributed by atoms with Crippen LogP contribution in [0.5, 0.6) is 0 Å². The van der Waals surface area contributed by atoms with Crippen molar-refractivity contribution in [1.29, 1.82) is 0 Å². The van der Waals surface area contributed by atoms with Crippen molar-refractivity contribution in [2.75, 3.05) is 7.05 Å². The molecule has 18 heavy (non-hydrogen) atoms. The van der Waals surface area contributed by atoms with Crippen LogP contribution in [0.15, 0.2) is 24.3 Å². The van der Waals surface area contributed by atoms with E-state index in [2.05, 4.69) is 54.0 Å². The first-order chi connectivity index (χ1) is 8.21. The first kappa shape index (κ1) is 15.2. The minimum Gasteiger partial charge on any atom is -0.340 e. The standard InChI is InChI=1S/C15H22BrNO/c1-11(2)13-8-6-12(7-9-13)10-17(5)14(18)15(3,4)16/h6-9,11H,10H2,1-5H3. The van der Waals surface area contributed by atoms with E-state index in [9.17, 15) is 4.79 Å². The SMILES string of the molecule is CC(C)c1ccc(CN(C)C(=O)C(C)(C)Br)cc1. The summed E-state index contributed by atoms with van der Waals surface area (Å²) in [6.07, 6.45) is 0. The second kappa shape index (κ2) is 5.87. The zero-order valence-corrected chi connectivity index (χ0v) is 13.4. The number of benzene rings is 1. The minimum absolute atomic E-state index is 0.0930. The molecule has 1 aromatic rings. The smallest absolute Gasteiger partial charge is 0.238 e. The highest BCUT2D eigenvalue weighted by Crippen LogP contribution is 2.20. The Balaban J connectivity index is 2.71. The summed E-state index contributed by atoms with van der Waals surface area (Å²) in [6, 6.07) is 8.47. The molecule has 0 atom stereocenters. The molecule has 1 rings (SSSR count). The van der Waals surface area contributed by atoms with Crippen LogP contribution in [0.25, 0.3) is 0 Å². The molecule has 2 nitrogen and oxygen atoms in total. The van der Waals surface area contributed by atoms with Crippen molar-refractivity contribution in [2.24, 2.45) is 0 Å². The lowest BCUT2D eigenvalue weighted by molar-refractivity contribution is -0.131. The maximum atomic E-state index is 12.0. The molecule has 100 valence electrons. The first-order valence-electron chi connectivity index (χ1n) is 6.25. The van der Waals surface area contributed by atoms with Gasteiger partial charge in [-0.2, -0.15) is 0 Å². The lowest BCUT2D eigenvalue weighted by atomic mass is 10.0. The van der Waals surface area contributed by atoms with Crippen LogP contribution in [-0.2, 0) is 11.3 Å². The maximum Gasteiger partial charge on any atom is 0.238 e. The van der Waals surface area contributed by atoms with Gasteiger partial charge in [0.15, 0.2) is 0 Å². The third-order valence-corrected chi connectivity index (χ3v) is 3.26. The molecule has 0 spiro atoms. The fraction of sp³-hybridized carbons (Fsp3) is 0.533. The molecule has 0 unspecified atom stereocenters. The number of hydrogen-bond donors (Lipinski definition) is 0. The van der Waals surface area contributed by atoms with Gasteiger partial charge in [-0.05, 0) is 30.9 Å². The first-order valence-corrected chi connectivity index (χ1v) is 7.04. The van der Waals surface area contributed by atoms with Gasteiger partial charge >= 0.3 is 0 Å². The van der Waals surface area contributed by atoms with Gasteiger partial charge in [-0.1, -0.05) is 54.0 Å². The van der Waals surface area contributed by atoms with Gasteiger partial charge in [0.2, 0.25) is 5.91 Å². The maximum absolute atomic E-state index is 12.0. The third-order valence-electron chi connectivity index (χ3n) is 2.92. The zero-order valence-electron chi connectivity index (χ0n) is 11.8. The average molecular weight is 312 g/mol. The number of nitrogens with zero attached hydrogens (tertiary/aromatic N) is 1. The quantitative estimate of drug-likeness (QED) is 0.771. The fourth-order valence-corrected chi connectivity index (χ4v) is 2.11. The van der Waals surface area contributed by atoms with Crippen LogP contribution in [0.1, 0.15) is 44.7 Å². The summed E-state index contributed by atoms with van der Waals surface area (Å²) < 4.78 is -0.500. The van der Waals surface area contributed by atoms with E-state index in [1.165, 1.54) is 5.56 Å². The van der Waals surface area contributed by atoms with Crippen LogP contribution < -0.4 is 0 Å². The number of hydrogen-bond acceptors (Lipinski definition) is 1. The molecule has 1 aromatic carbocycles. The average Bonchev–Trinajstić information content (AvgIpc) is 2.27. The summed E-state index contributed by atoms with van der Waals surface area (Å²) in [5.41, 5.74) is 2.49. The van der Waals surface area contributed by atoms with E-state index in [4.69, 9.17) is 0 Å². The summed E-state index contributed by atoms with van der Waals surface area (Å²) in [5, 5.41) is 0. The van der Waals surface area contributed by atoms with Crippen molar-refractivity contribution < 1.29 is 4.79 Å². The van der Waals surface area contributed by atoms with Gasteiger partial charge in [-0.25, -0.2) is 0 Å². The van der Waals surface area contributed by atoms with Crippen LogP contribution in [0.2, 0.25) is 0 Å². The van der Waals surface area contributed by atoms with Crippen LogP contribution in [0.3, 0.4) is 0 Å². The zero-order chi connectivity index (χ0) is 13.9. The van der Waals surface area contributed by atoms with Crippen LogP contribution >= 0.6 is 15.9 Å². The topological polar surface area (TPSA) is 20.3 Å². The Hall–Kier alpha value is -0.830. The minimum atomic E-state index is -0.500. The second-order valence-corrected chi connectivity index (χ2v) is 7.51. The molecule has 0 saturated carbocycles. The molecule has 1 amide bonds. The normalized spacial score (nSPS) is 11.7. The molecule has 0 radical (unpaired) electrons. The molecule has 0 bridgehead atoms. The largest absolute Gasteiger partial charge is 0.340 e. The second-order valence-electron chi connectivity index (χ2n) is 5.53. The predicted molar refractivity (Wildman–Crippen MR) is 80.0 cm³/mol. The number of amides is 1. The highest BCUT2D eigenvalue weighted by molar-refractivity contribution is 9.10. The van der Waals surface area contributed by atoms with Crippen LogP contribution in [0.4, 0.5) is 0 Å². The Morgan fingerprint density at radius 3 is 2.17 bits per heavy atom. The lowest BCUT2D eigenvalue weighted by Gasteiger charge is -2.24. The molecule has 0 aliphatic rings. The monoisotopic (exact) mass is 311 g/mol. The van der Waals surface area contributed by atoms with Crippen molar-refractivity contribution in [3.8, 4) is 0 Å². The van der Waals surface area contributed by atoms with Gasteiger partial charge in [-0.3, -0.25) is 4.79 Å². The van der Waals surface area contributed by atoms with Crippen molar-refractivity contribution in [3.63, 3.8) is 0 Å². The number of halogens is 1. The molecule has 0 aliphatic heterocycles. The number of carbonyl (C=O) groups excluding carboxylic acids is 1. The number of alkyl halides is 1. The molecule has 0 N–H and O–H groups in total. The molecule has 0 heterocycles. The molecule has 0 fully saturated rings. The van der Waals surface area contributed by atoms with Gasteiger partial charge in [0.1, 0.15) is 0 Å². The molecular formula is C15H22BrNO. The van der Waals surface area contributed by atoms with E-state index >= 15 is 0 Å². The Kier molecular flexibility index (Phi) is 4.97. The predicted octanol–water partition coefficient (Wildman–Crippen LogP) is 3.94. The highest BCUT2D eigenvalue weighted by Gasteiger charge is 2.26. The van der Waals surface area contributed by atoms with Gasteiger partial charge in [0.05, 0.1) is 4.32 Å². The van der Waals surface area contributed by atoms with E-state index in [-0.39, 0.29) is 5.91 Å². The van der Waals surface area contributed by atoms with E-state index in [1.54, 1.807) is 4.90 Å². The Morgan fingerprint density at radius 2 is 1.78 bits per heavy atom. The fourth-order valence-electron chi connectivity index (χ4n) is 1.81. The molecule has 0 aliphatic carbocycles. The number of rotatable bonds is 4. The third kappa shape index (κ3) is 4.13. The highest BCUT2D eigenvalue weighted by atomic mass is 79.9. The molecule has 0 aromatic heterocycles. The molecule has 3 heteroatoms. The van der Waals surface area contributed by atoms with E-state index in [1.807, 2.05) is 20.9 Å². The summed E-state index contributed by atoms with van der Waals surface area (Å²) >= 11 is 3.40. The molecule has 0 saturated heterocycles. The van der Waals surface area contributed by atoms with Crippen molar-refractivity contribution in [2.45, 2.75) is 44.5 Å². The summed E-state index contributed by atoms with van der Waals surface area (Å²) in [5.74, 6) is 0.635. The van der Waals surface area contributed by atoms with E-state index in [0.717, 1.165) is 5.56 Å². The summed E-state index contributed by atoms with van der Waals surface area (Å²) in [6.45, 7) is 8.74. The van der Waals surface area contributed by atoms with Gasteiger partial charge in [0, 0.05) is 13.6 Å². The van der Waals surface area contributed by atoms with E-state index in [0.29, 0.717) is 12.5 Å². The van der Waals surface area contributed by atoms with Crippen LogP contribution in [-0.4, -0.2) is 22.2 Å². The van der Waals surface area contributed by atoms with E-state index < -0.39 is 4.32 Å². The Morgan fingerprint density at radius 1 is 1.28 bits per heavy atom. The van der Waals surface area contributed by atoms with Gasteiger partial charge < -0.3 is 4.90 Å². The lowest BCUT2D eigenvalue weighted by Crippen LogP contribution is -2.38. The summed E-state index contributed by atoms with van der Waals surface area (Å²) in [7, 11) is 1.84. The summed E-state index contributed by atoms with van der Waals surface area (Å²) in [4.78, 5) is 13.8. The van der Waals surface area contributed by atoms with Gasteiger partial charge in [0.25, 0.3) is 0 Å². The number of carbonyl (C=O) groups is 1.